The molecule has 2 aliphatic rings. The summed E-state index contributed by atoms with van der Waals surface area (Å²) in [7, 11) is 3.23. The third kappa shape index (κ3) is 5.83. The van der Waals surface area contributed by atoms with Crippen molar-refractivity contribution in [2.24, 2.45) is 5.92 Å². The molecular formula is C21H32N2O5. The van der Waals surface area contributed by atoms with Crippen molar-refractivity contribution in [3.63, 3.8) is 0 Å². The summed E-state index contributed by atoms with van der Waals surface area (Å²) in [6.07, 6.45) is 3.18. The molecule has 3 rings (SSSR count). The van der Waals surface area contributed by atoms with E-state index < -0.39 is 0 Å². The number of benzene rings is 1. The quantitative estimate of drug-likeness (QED) is 0.648. The Morgan fingerprint density at radius 1 is 1.25 bits per heavy atom. The van der Waals surface area contributed by atoms with Crippen molar-refractivity contribution in [3.05, 3.63) is 23.8 Å². The van der Waals surface area contributed by atoms with E-state index in [1.807, 2.05) is 0 Å². The molecular weight excluding hydrogens is 360 g/mol. The van der Waals surface area contributed by atoms with Crippen molar-refractivity contribution in [1.29, 1.82) is 0 Å². The van der Waals surface area contributed by atoms with E-state index in [-0.39, 0.29) is 12.0 Å². The summed E-state index contributed by atoms with van der Waals surface area (Å²) < 4.78 is 22.0. The number of likely N-dealkylation sites (tertiary alicyclic amines) is 1. The number of rotatable bonds is 9. The predicted molar refractivity (Wildman–Crippen MR) is 106 cm³/mol. The first-order valence-electron chi connectivity index (χ1n) is 10.1. The number of nitrogens with one attached hydrogen (secondary N) is 1. The van der Waals surface area contributed by atoms with Gasteiger partial charge in [0, 0.05) is 46.0 Å². The van der Waals surface area contributed by atoms with Crippen LogP contribution in [0.4, 0.5) is 0 Å². The molecule has 156 valence electrons. The lowest BCUT2D eigenvalue weighted by atomic mass is 10.0. The van der Waals surface area contributed by atoms with Gasteiger partial charge in [-0.2, -0.15) is 0 Å². The van der Waals surface area contributed by atoms with Crippen LogP contribution in [0.15, 0.2) is 18.2 Å². The second-order valence-corrected chi connectivity index (χ2v) is 7.46. The number of piperidine rings is 1. The van der Waals surface area contributed by atoms with Crippen LogP contribution in [-0.4, -0.2) is 77.1 Å². The summed E-state index contributed by atoms with van der Waals surface area (Å²) in [5.74, 6) is 1.77. The topological polar surface area (TPSA) is 69.3 Å². The Labute approximate surface area is 167 Å². The Balaban J connectivity index is 1.57. The van der Waals surface area contributed by atoms with Crippen molar-refractivity contribution >= 4 is 5.91 Å². The molecule has 0 unspecified atom stereocenters. The summed E-state index contributed by atoms with van der Waals surface area (Å²) in [4.78, 5) is 15.0. The monoisotopic (exact) mass is 392 g/mol. The van der Waals surface area contributed by atoms with Gasteiger partial charge in [0.2, 0.25) is 0 Å². The molecule has 1 atom stereocenters. The highest BCUT2D eigenvalue weighted by molar-refractivity contribution is 5.97. The maximum absolute atomic E-state index is 12.5. The molecule has 0 spiro atoms. The molecule has 1 aromatic rings. The standard InChI is InChI=1S/C21H32N2O5/c1-25-12-8-22-21(24)19-4-3-18(26-2)13-20(19)28-17-5-9-23(10-6-17)14-16-7-11-27-15-16/h3-4,13,16-17H,5-12,14-15H2,1-2H3,(H,22,24)/t16-/m1/s1. The van der Waals surface area contributed by atoms with Crippen LogP contribution in [0, 0.1) is 5.92 Å². The van der Waals surface area contributed by atoms with Gasteiger partial charge in [0.25, 0.3) is 5.91 Å². The van der Waals surface area contributed by atoms with Gasteiger partial charge in [-0.25, -0.2) is 0 Å². The van der Waals surface area contributed by atoms with Crippen LogP contribution < -0.4 is 14.8 Å². The van der Waals surface area contributed by atoms with E-state index in [9.17, 15) is 4.79 Å². The fourth-order valence-electron chi connectivity index (χ4n) is 3.76. The molecule has 0 aliphatic carbocycles. The van der Waals surface area contributed by atoms with Crippen LogP contribution in [0.5, 0.6) is 11.5 Å². The molecule has 1 aromatic carbocycles. The second kappa shape index (κ2) is 10.6. The minimum Gasteiger partial charge on any atom is -0.497 e. The summed E-state index contributed by atoms with van der Waals surface area (Å²) in [5.41, 5.74) is 0.530. The number of carbonyl (C=O) groups is 1. The fraction of sp³-hybridized carbons (Fsp3) is 0.667. The van der Waals surface area contributed by atoms with Crippen molar-refractivity contribution in [3.8, 4) is 11.5 Å². The van der Waals surface area contributed by atoms with Crippen molar-refractivity contribution in [2.75, 3.05) is 60.2 Å². The summed E-state index contributed by atoms with van der Waals surface area (Å²) >= 11 is 0. The number of ether oxygens (including phenoxy) is 4. The van der Waals surface area contributed by atoms with Gasteiger partial charge in [0.1, 0.15) is 17.6 Å². The zero-order valence-corrected chi connectivity index (χ0v) is 16.9. The van der Waals surface area contributed by atoms with Gasteiger partial charge in [-0.3, -0.25) is 4.79 Å². The van der Waals surface area contributed by atoms with E-state index in [1.165, 1.54) is 6.42 Å². The summed E-state index contributed by atoms with van der Waals surface area (Å²) in [6, 6.07) is 5.34. The van der Waals surface area contributed by atoms with Crippen LogP contribution in [-0.2, 0) is 9.47 Å². The average Bonchev–Trinajstić information content (AvgIpc) is 3.22. The van der Waals surface area contributed by atoms with Crippen LogP contribution in [0.25, 0.3) is 0 Å². The van der Waals surface area contributed by atoms with Gasteiger partial charge >= 0.3 is 0 Å². The average molecular weight is 392 g/mol. The molecule has 0 saturated carbocycles. The third-order valence-electron chi connectivity index (χ3n) is 5.39. The van der Waals surface area contributed by atoms with Gasteiger partial charge in [-0.05, 0) is 37.3 Å². The Hall–Kier alpha value is -1.83. The summed E-state index contributed by atoms with van der Waals surface area (Å²) in [6.45, 7) is 5.86. The molecule has 2 aliphatic heterocycles. The molecule has 7 nitrogen and oxygen atoms in total. The molecule has 2 fully saturated rings. The lowest BCUT2D eigenvalue weighted by molar-refractivity contribution is 0.0839. The third-order valence-corrected chi connectivity index (χ3v) is 5.39. The normalized spacial score (nSPS) is 20.9. The Morgan fingerprint density at radius 2 is 2.07 bits per heavy atom. The predicted octanol–water partition coefficient (Wildman–Crippen LogP) is 1.95. The largest absolute Gasteiger partial charge is 0.497 e. The van der Waals surface area contributed by atoms with E-state index in [4.69, 9.17) is 18.9 Å². The van der Waals surface area contributed by atoms with Gasteiger partial charge in [0.05, 0.1) is 25.9 Å². The van der Waals surface area contributed by atoms with Crippen molar-refractivity contribution < 1.29 is 23.7 Å². The van der Waals surface area contributed by atoms with E-state index >= 15 is 0 Å². The van der Waals surface area contributed by atoms with Gasteiger partial charge in [0.15, 0.2) is 0 Å². The molecule has 0 bridgehead atoms. The number of hydrogen-bond acceptors (Lipinski definition) is 6. The van der Waals surface area contributed by atoms with Gasteiger partial charge in [-0.15, -0.1) is 0 Å². The first kappa shape index (κ1) is 20.9. The SMILES string of the molecule is COCCNC(=O)c1ccc(OC)cc1OC1CCN(C[C@H]2CCOC2)CC1. The number of amides is 1. The second-order valence-electron chi connectivity index (χ2n) is 7.46. The number of methoxy groups -OCH3 is 2. The maximum atomic E-state index is 12.5. The van der Waals surface area contributed by atoms with Crippen molar-refractivity contribution in [1.82, 2.24) is 10.2 Å². The van der Waals surface area contributed by atoms with Crippen LogP contribution in [0.1, 0.15) is 29.6 Å². The first-order valence-corrected chi connectivity index (χ1v) is 10.1. The van der Waals surface area contributed by atoms with Crippen LogP contribution in [0.3, 0.4) is 0 Å². The Bertz CT molecular complexity index is 625. The zero-order chi connectivity index (χ0) is 19.8. The minimum absolute atomic E-state index is 0.105. The smallest absolute Gasteiger partial charge is 0.255 e. The summed E-state index contributed by atoms with van der Waals surface area (Å²) in [5, 5.41) is 2.86. The highest BCUT2D eigenvalue weighted by Gasteiger charge is 2.26. The highest BCUT2D eigenvalue weighted by atomic mass is 16.5. The number of hydrogen-bond donors (Lipinski definition) is 1. The zero-order valence-electron chi connectivity index (χ0n) is 16.9. The van der Waals surface area contributed by atoms with Crippen LogP contribution >= 0.6 is 0 Å². The molecule has 1 N–H and O–H groups in total. The maximum Gasteiger partial charge on any atom is 0.255 e. The molecule has 2 heterocycles. The van der Waals surface area contributed by atoms with Crippen molar-refractivity contribution in [2.45, 2.75) is 25.4 Å². The van der Waals surface area contributed by atoms with E-state index in [1.54, 1.807) is 32.4 Å². The number of nitrogens with zero attached hydrogens (tertiary/aromatic N) is 1. The highest BCUT2D eigenvalue weighted by Crippen LogP contribution is 2.28. The minimum atomic E-state index is -0.159. The molecule has 7 heteroatoms. The molecule has 0 radical (unpaired) electrons. The molecule has 28 heavy (non-hydrogen) atoms. The van der Waals surface area contributed by atoms with Gasteiger partial charge in [-0.1, -0.05) is 0 Å². The van der Waals surface area contributed by atoms with E-state index in [2.05, 4.69) is 10.2 Å². The fourth-order valence-corrected chi connectivity index (χ4v) is 3.76. The molecule has 2 saturated heterocycles. The molecule has 1 amide bonds. The van der Waals surface area contributed by atoms with E-state index in [0.717, 1.165) is 45.7 Å². The Kier molecular flexibility index (Phi) is 7.94. The Morgan fingerprint density at radius 3 is 2.75 bits per heavy atom. The number of carbonyl (C=O) groups excluding carboxylic acids is 1. The lowest BCUT2D eigenvalue weighted by Gasteiger charge is -2.33. The molecule has 0 aromatic heterocycles. The van der Waals surface area contributed by atoms with Crippen LogP contribution in [0.2, 0.25) is 0 Å². The van der Waals surface area contributed by atoms with E-state index in [0.29, 0.717) is 36.1 Å². The lowest BCUT2D eigenvalue weighted by Crippen LogP contribution is -2.41. The van der Waals surface area contributed by atoms with Gasteiger partial charge < -0.3 is 29.2 Å². The first-order chi connectivity index (χ1) is 13.7.